The molecule has 1 aromatic rings. The first-order valence-corrected chi connectivity index (χ1v) is 11.0. The summed E-state index contributed by atoms with van der Waals surface area (Å²) in [4.78, 5) is 43.9. The topological polar surface area (TPSA) is 70.2 Å². The van der Waals surface area contributed by atoms with E-state index in [-0.39, 0.29) is 29.6 Å². The van der Waals surface area contributed by atoms with Gasteiger partial charge in [0.05, 0.1) is 13.0 Å². The number of ether oxygens (including phenoxy) is 1. The highest BCUT2D eigenvalue weighted by atomic mass is 16.5. The van der Waals surface area contributed by atoms with Gasteiger partial charge in [0, 0.05) is 50.7 Å². The minimum Gasteiger partial charge on any atom is -0.496 e. The van der Waals surface area contributed by atoms with Crippen LogP contribution in [0.4, 0.5) is 0 Å². The van der Waals surface area contributed by atoms with Gasteiger partial charge in [-0.05, 0) is 50.3 Å². The second-order valence-electron chi connectivity index (χ2n) is 8.70. The van der Waals surface area contributed by atoms with E-state index in [1.807, 2.05) is 28.9 Å². The van der Waals surface area contributed by atoms with E-state index >= 15 is 0 Å². The lowest BCUT2D eigenvalue weighted by Gasteiger charge is -2.39. The molecule has 2 aliphatic heterocycles. The number of nitrogens with zero attached hydrogens (tertiary/aromatic N) is 3. The molecule has 3 amide bonds. The predicted octanol–water partition coefficient (Wildman–Crippen LogP) is 1.94. The number of piperidine rings is 1. The molecule has 7 nitrogen and oxygen atoms in total. The number of hydrogen-bond donors (Lipinski definition) is 0. The molecule has 4 rings (SSSR count). The van der Waals surface area contributed by atoms with Gasteiger partial charge < -0.3 is 19.4 Å². The van der Waals surface area contributed by atoms with Gasteiger partial charge in [-0.3, -0.25) is 14.4 Å². The summed E-state index contributed by atoms with van der Waals surface area (Å²) in [6.07, 6.45) is 3.73. The molecule has 1 aromatic carbocycles. The molecule has 3 aliphatic rings. The van der Waals surface area contributed by atoms with Crippen LogP contribution in [0.15, 0.2) is 18.2 Å². The third-order valence-electron chi connectivity index (χ3n) is 6.54. The standard InChI is InChI=1S/C23H31N3O4/c1-16-5-6-18(14-20(16)30-2)22(28)24-10-12-25(13-11-24)23(29)19-4-3-9-26(15-19)21(27)17-7-8-17/h5-6,14,17,19H,3-4,7-13,15H2,1-2H3. The summed E-state index contributed by atoms with van der Waals surface area (Å²) in [5.41, 5.74) is 1.60. The first-order chi connectivity index (χ1) is 14.5. The highest BCUT2D eigenvalue weighted by Gasteiger charge is 2.38. The maximum absolute atomic E-state index is 13.0. The maximum Gasteiger partial charge on any atom is 0.254 e. The number of aryl methyl sites for hydroxylation is 1. The normalized spacial score (nSPS) is 22.1. The molecule has 1 aliphatic carbocycles. The number of amides is 3. The average Bonchev–Trinajstić information content (AvgIpc) is 3.63. The van der Waals surface area contributed by atoms with Crippen LogP contribution in [0.25, 0.3) is 0 Å². The Balaban J connectivity index is 1.32. The second kappa shape index (κ2) is 8.66. The van der Waals surface area contributed by atoms with Gasteiger partial charge in [0.2, 0.25) is 11.8 Å². The van der Waals surface area contributed by atoms with Crippen LogP contribution in [0.1, 0.15) is 41.6 Å². The van der Waals surface area contributed by atoms with Crippen LogP contribution in [0.5, 0.6) is 5.75 Å². The number of hydrogen-bond acceptors (Lipinski definition) is 4. The Morgan fingerprint density at radius 3 is 2.20 bits per heavy atom. The van der Waals surface area contributed by atoms with E-state index in [1.165, 1.54) is 0 Å². The maximum atomic E-state index is 13.0. The summed E-state index contributed by atoms with van der Waals surface area (Å²) in [6, 6.07) is 5.50. The van der Waals surface area contributed by atoms with Crippen LogP contribution in [-0.2, 0) is 9.59 Å². The van der Waals surface area contributed by atoms with Gasteiger partial charge in [0.1, 0.15) is 5.75 Å². The third kappa shape index (κ3) is 4.30. The summed E-state index contributed by atoms with van der Waals surface area (Å²) in [6.45, 7) is 5.41. The van der Waals surface area contributed by atoms with Gasteiger partial charge in [-0.25, -0.2) is 0 Å². The Morgan fingerprint density at radius 2 is 1.53 bits per heavy atom. The van der Waals surface area contributed by atoms with E-state index in [9.17, 15) is 14.4 Å². The zero-order valence-electron chi connectivity index (χ0n) is 17.9. The van der Waals surface area contributed by atoms with E-state index in [4.69, 9.17) is 4.74 Å². The molecule has 30 heavy (non-hydrogen) atoms. The van der Waals surface area contributed by atoms with Crippen molar-refractivity contribution in [2.75, 3.05) is 46.4 Å². The van der Waals surface area contributed by atoms with Crippen molar-refractivity contribution < 1.29 is 19.1 Å². The third-order valence-corrected chi connectivity index (χ3v) is 6.54. The summed E-state index contributed by atoms with van der Waals surface area (Å²) >= 11 is 0. The van der Waals surface area contributed by atoms with Crippen molar-refractivity contribution >= 4 is 17.7 Å². The predicted molar refractivity (Wildman–Crippen MR) is 112 cm³/mol. The molecule has 2 heterocycles. The largest absolute Gasteiger partial charge is 0.496 e. The second-order valence-corrected chi connectivity index (χ2v) is 8.70. The van der Waals surface area contributed by atoms with Crippen molar-refractivity contribution in [3.63, 3.8) is 0 Å². The summed E-state index contributed by atoms with van der Waals surface area (Å²) in [7, 11) is 1.60. The molecule has 3 fully saturated rings. The molecule has 0 N–H and O–H groups in total. The van der Waals surface area contributed by atoms with Crippen molar-refractivity contribution in [3.05, 3.63) is 29.3 Å². The number of methoxy groups -OCH3 is 1. The minimum absolute atomic E-state index is 0.0285. The van der Waals surface area contributed by atoms with E-state index in [1.54, 1.807) is 18.1 Å². The Labute approximate surface area is 177 Å². The van der Waals surface area contributed by atoms with Crippen LogP contribution >= 0.6 is 0 Å². The lowest BCUT2D eigenvalue weighted by Crippen LogP contribution is -2.54. The van der Waals surface area contributed by atoms with Crippen molar-refractivity contribution in [2.24, 2.45) is 11.8 Å². The number of likely N-dealkylation sites (tertiary alicyclic amines) is 1. The lowest BCUT2D eigenvalue weighted by molar-refractivity contribution is -0.142. The van der Waals surface area contributed by atoms with E-state index in [0.29, 0.717) is 44.0 Å². The summed E-state index contributed by atoms with van der Waals surface area (Å²) in [5.74, 6) is 1.14. The molecule has 0 aromatic heterocycles. The summed E-state index contributed by atoms with van der Waals surface area (Å²) < 4.78 is 5.33. The Kier molecular flexibility index (Phi) is 5.97. The summed E-state index contributed by atoms with van der Waals surface area (Å²) in [5, 5.41) is 0. The molecule has 0 spiro atoms. The van der Waals surface area contributed by atoms with Gasteiger partial charge >= 0.3 is 0 Å². The SMILES string of the molecule is COc1cc(C(=O)N2CCN(C(=O)C3CCCN(C(=O)C4CC4)C3)CC2)ccc1C. The molecule has 162 valence electrons. The quantitative estimate of drug-likeness (QED) is 0.756. The van der Waals surface area contributed by atoms with Crippen LogP contribution in [-0.4, -0.2) is 78.8 Å². The molecule has 2 saturated heterocycles. The van der Waals surface area contributed by atoms with Crippen molar-refractivity contribution in [1.29, 1.82) is 0 Å². The zero-order chi connectivity index (χ0) is 21.3. The number of piperazine rings is 1. The van der Waals surface area contributed by atoms with Crippen LogP contribution < -0.4 is 4.74 Å². The van der Waals surface area contributed by atoms with Crippen molar-refractivity contribution in [3.8, 4) is 5.75 Å². The molecular weight excluding hydrogens is 382 g/mol. The van der Waals surface area contributed by atoms with Gasteiger partial charge in [-0.2, -0.15) is 0 Å². The van der Waals surface area contributed by atoms with Gasteiger partial charge in [-0.15, -0.1) is 0 Å². The van der Waals surface area contributed by atoms with E-state index in [2.05, 4.69) is 0 Å². The minimum atomic E-state index is -0.106. The Morgan fingerprint density at radius 1 is 0.867 bits per heavy atom. The number of carbonyl (C=O) groups is 3. The Bertz CT molecular complexity index is 828. The first-order valence-electron chi connectivity index (χ1n) is 11.0. The molecule has 0 bridgehead atoms. The molecule has 0 radical (unpaired) electrons. The van der Waals surface area contributed by atoms with Gasteiger partial charge in [0.25, 0.3) is 5.91 Å². The van der Waals surface area contributed by atoms with Crippen LogP contribution in [0.3, 0.4) is 0 Å². The number of rotatable bonds is 4. The Hall–Kier alpha value is -2.57. The number of benzene rings is 1. The fourth-order valence-electron chi connectivity index (χ4n) is 4.49. The fourth-order valence-corrected chi connectivity index (χ4v) is 4.49. The molecule has 1 saturated carbocycles. The molecule has 7 heteroatoms. The smallest absolute Gasteiger partial charge is 0.254 e. The average molecular weight is 414 g/mol. The van der Waals surface area contributed by atoms with Crippen LogP contribution in [0.2, 0.25) is 0 Å². The van der Waals surface area contributed by atoms with Crippen LogP contribution in [0, 0.1) is 18.8 Å². The number of carbonyl (C=O) groups excluding carboxylic acids is 3. The van der Waals surface area contributed by atoms with Crippen molar-refractivity contribution in [2.45, 2.75) is 32.6 Å². The highest BCUT2D eigenvalue weighted by Crippen LogP contribution is 2.33. The van der Waals surface area contributed by atoms with E-state index in [0.717, 1.165) is 37.8 Å². The zero-order valence-corrected chi connectivity index (χ0v) is 17.9. The molecular formula is C23H31N3O4. The van der Waals surface area contributed by atoms with E-state index < -0.39 is 0 Å². The fraction of sp³-hybridized carbons (Fsp3) is 0.609. The first kappa shape index (κ1) is 20.7. The van der Waals surface area contributed by atoms with Gasteiger partial charge in [0.15, 0.2) is 0 Å². The molecule has 1 atom stereocenters. The lowest BCUT2D eigenvalue weighted by atomic mass is 9.95. The monoisotopic (exact) mass is 413 g/mol. The van der Waals surface area contributed by atoms with Crippen molar-refractivity contribution in [1.82, 2.24) is 14.7 Å². The molecule has 1 unspecified atom stereocenters. The highest BCUT2D eigenvalue weighted by molar-refractivity contribution is 5.95. The van der Waals surface area contributed by atoms with Gasteiger partial charge in [-0.1, -0.05) is 6.07 Å².